The van der Waals surface area contributed by atoms with Gasteiger partial charge in [0.1, 0.15) is 5.75 Å². The van der Waals surface area contributed by atoms with Crippen molar-refractivity contribution in [1.29, 1.82) is 0 Å². The molecule has 22 heavy (non-hydrogen) atoms. The second-order valence-corrected chi connectivity index (χ2v) is 6.37. The largest absolute Gasteiger partial charge is 0.496 e. The van der Waals surface area contributed by atoms with E-state index in [-0.39, 0.29) is 0 Å². The first kappa shape index (κ1) is 15.8. The van der Waals surface area contributed by atoms with Gasteiger partial charge >= 0.3 is 0 Å². The predicted octanol–water partition coefficient (Wildman–Crippen LogP) is 2.71. The van der Waals surface area contributed by atoms with E-state index in [1.807, 2.05) is 12.1 Å². The van der Waals surface area contributed by atoms with Crippen LogP contribution in [-0.2, 0) is 16.0 Å². The highest BCUT2D eigenvalue weighted by Crippen LogP contribution is 2.23. The van der Waals surface area contributed by atoms with E-state index < -0.39 is 0 Å². The van der Waals surface area contributed by atoms with Crippen LogP contribution < -0.4 is 4.74 Å². The van der Waals surface area contributed by atoms with Crippen molar-refractivity contribution >= 4 is 0 Å². The van der Waals surface area contributed by atoms with E-state index >= 15 is 0 Å². The summed E-state index contributed by atoms with van der Waals surface area (Å²) in [7, 11) is 1.74. The van der Waals surface area contributed by atoms with Gasteiger partial charge in [-0.2, -0.15) is 0 Å². The predicted molar refractivity (Wildman–Crippen MR) is 86.2 cm³/mol. The third kappa shape index (κ3) is 4.22. The van der Waals surface area contributed by atoms with Crippen molar-refractivity contribution in [2.24, 2.45) is 5.92 Å². The quantitative estimate of drug-likeness (QED) is 0.775. The van der Waals surface area contributed by atoms with E-state index in [0.29, 0.717) is 12.0 Å². The van der Waals surface area contributed by atoms with E-state index in [1.54, 1.807) is 7.11 Å². The van der Waals surface area contributed by atoms with Gasteiger partial charge in [-0.15, -0.1) is 0 Å². The maximum absolute atomic E-state index is 5.84. The fourth-order valence-corrected chi connectivity index (χ4v) is 3.45. The van der Waals surface area contributed by atoms with Crippen molar-refractivity contribution in [3.05, 3.63) is 29.8 Å². The zero-order chi connectivity index (χ0) is 15.2. The Labute approximate surface area is 133 Å². The molecule has 4 heteroatoms. The van der Waals surface area contributed by atoms with Crippen LogP contribution in [0.5, 0.6) is 5.75 Å². The Balaban J connectivity index is 1.65. The van der Waals surface area contributed by atoms with Gasteiger partial charge in [0.05, 0.1) is 19.8 Å². The topological polar surface area (TPSA) is 30.9 Å². The third-order valence-electron chi connectivity index (χ3n) is 4.61. The normalized spacial score (nSPS) is 25.0. The van der Waals surface area contributed by atoms with Crippen molar-refractivity contribution < 1.29 is 14.2 Å². The van der Waals surface area contributed by atoms with Gasteiger partial charge < -0.3 is 14.2 Å². The van der Waals surface area contributed by atoms with Crippen LogP contribution in [0, 0.1) is 5.92 Å². The molecule has 0 amide bonds. The number of nitrogens with zero attached hydrogens (tertiary/aromatic N) is 1. The molecular weight excluding hydrogens is 278 g/mol. The standard InChI is InChI=1S/C18H27NO3/c1-20-18-7-3-2-5-16(18)12-19(11-15-8-10-21-14-15)13-17-6-4-9-22-17/h2-3,5,7,15,17H,4,6,8-14H2,1H3. The molecule has 2 aliphatic heterocycles. The molecule has 2 saturated heterocycles. The molecule has 2 unspecified atom stereocenters. The summed E-state index contributed by atoms with van der Waals surface area (Å²) >= 11 is 0. The number of benzene rings is 1. The number of ether oxygens (including phenoxy) is 3. The Morgan fingerprint density at radius 1 is 1.18 bits per heavy atom. The molecule has 0 saturated carbocycles. The zero-order valence-electron chi connectivity index (χ0n) is 13.5. The number of hydrogen-bond acceptors (Lipinski definition) is 4. The molecule has 0 radical (unpaired) electrons. The Kier molecular flexibility index (Phi) is 5.70. The average molecular weight is 305 g/mol. The number of para-hydroxylation sites is 1. The van der Waals surface area contributed by atoms with E-state index in [0.717, 1.165) is 45.2 Å². The van der Waals surface area contributed by atoms with Gasteiger partial charge in [-0.1, -0.05) is 18.2 Å². The van der Waals surface area contributed by atoms with Crippen LogP contribution in [0.15, 0.2) is 24.3 Å². The molecule has 0 aliphatic carbocycles. The fourth-order valence-electron chi connectivity index (χ4n) is 3.45. The Hall–Kier alpha value is -1.10. The maximum atomic E-state index is 5.84. The van der Waals surface area contributed by atoms with Gasteiger partial charge in [0.2, 0.25) is 0 Å². The van der Waals surface area contributed by atoms with Crippen molar-refractivity contribution in [3.8, 4) is 5.75 Å². The Bertz CT molecular complexity index is 435. The molecule has 0 bridgehead atoms. The molecular formula is C18H27NO3. The van der Waals surface area contributed by atoms with Gasteiger partial charge in [-0.05, 0) is 31.2 Å². The second-order valence-electron chi connectivity index (χ2n) is 6.37. The molecule has 4 nitrogen and oxygen atoms in total. The van der Waals surface area contributed by atoms with Crippen molar-refractivity contribution in [1.82, 2.24) is 4.90 Å². The van der Waals surface area contributed by atoms with E-state index in [9.17, 15) is 0 Å². The summed E-state index contributed by atoms with van der Waals surface area (Å²) in [6.07, 6.45) is 3.94. The summed E-state index contributed by atoms with van der Waals surface area (Å²) in [4.78, 5) is 2.52. The van der Waals surface area contributed by atoms with Crippen molar-refractivity contribution in [3.63, 3.8) is 0 Å². The van der Waals surface area contributed by atoms with Crippen LogP contribution in [0.1, 0.15) is 24.8 Å². The molecule has 2 heterocycles. The summed E-state index contributed by atoms with van der Waals surface area (Å²) in [6.45, 7) is 5.73. The molecule has 0 N–H and O–H groups in total. The number of methoxy groups -OCH3 is 1. The molecule has 1 aromatic rings. The Morgan fingerprint density at radius 3 is 2.82 bits per heavy atom. The monoisotopic (exact) mass is 305 g/mol. The lowest BCUT2D eigenvalue weighted by molar-refractivity contribution is 0.0628. The lowest BCUT2D eigenvalue weighted by Crippen LogP contribution is -2.35. The first-order valence-corrected chi connectivity index (χ1v) is 8.38. The van der Waals surface area contributed by atoms with Crippen molar-refractivity contribution in [2.75, 3.05) is 40.0 Å². The minimum Gasteiger partial charge on any atom is -0.496 e. The van der Waals surface area contributed by atoms with Gasteiger partial charge in [0.15, 0.2) is 0 Å². The van der Waals surface area contributed by atoms with Gasteiger partial charge in [0, 0.05) is 38.4 Å². The highest BCUT2D eigenvalue weighted by molar-refractivity contribution is 5.33. The molecule has 0 spiro atoms. The van der Waals surface area contributed by atoms with Crippen LogP contribution in [-0.4, -0.2) is 51.0 Å². The Morgan fingerprint density at radius 2 is 2.09 bits per heavy atom. The maximum Gasteiger partial charge on any atom is 0.123 e. The summed E-state index contributed by atoms with van der Waals surface area (Å²) in [5.41, 5.74) is 1.25. The highest BCUT2D eigenvalue weighted by Gasteiger charge is 2.24. The molecule has 2 fully saturated rings. The summed E-state index contributed by atoms with van der Waals surface area (Å²) < 4.78 is 16.9. The van der Waals surface area contributed by atoms with Crippen LogP contribution >= 0.6 is 0 Å². The molecule has 1 aromatic carbocycles. The smallest absolute Gasteiger partial charge is 0.123 e. The molecule has 2 aliphatic rings. The second kappa shape index (κ2) is 7.95. The first-order valence-electron chi connectivity index (χ1n) is 8.38. The lowest BCUT2D eigenvalue weighted by Gasteiger charge is -2.28. The van der Waals surface area contributed by atoms with Gasteiger partial charge in [-0.25, -0.2) is 0 Å². The van der Waals surface area contributed by atoms with E-state index in [1.165, 1.54) is 24.8 Å². The molecule has 2 atom stereocenters. The SMILES string of the molecule is COc1ccccc1CN(CC1CCOC1)CC1CCCO1. The molecule has 0 aromatic heterocycles. The minimum absolute atomic E-state index is 0.386. The van der Waals surface area contributed by atoms with Crippen LogP contribution in [0.4, 0.5) is 0 Å². The van der Waals surface area contributed by atoms with Gasteiger partial charge in [0.25, 0.3) is 0 Å². The first-order chi connectivity index (χ1) is 10.8. The fraction of sp³-hybridized carbons (Fsp3) is 0.667. The summed E-state index contributed by atoms with van der Waals surface area (Å²) in [5.74, 6) is 1.62. The number of rotatable bonds is 7. The molecule has 3 rings (SSSR count). The lowest BCUT2D eigenvalue weighted by atomic mass is 10.1. The van der Waals surface area contributed by atoms with Crippen molar-refractivity contribution in [2.45, 2.75) is 31.9 Å². The van der Waals surface area contributed by atoms with E-state index in [4.69, 9.17) is 14.2 Å². The van der Waals surface area contributed by atoms with Crippen LogP contribution in [0.25, 0.3) is 0 Å². The average Bonchev–Trinajstić information content (AvgIpc) is 3.21. The van der Waals surface area contributed by atoms with Crippen LogP contribution in [0.2, 0.25) is 0 Å². The third-order valence-corrected chi connectivity index (χ3v) is 4.61. The van der Waals surface area contributed by atoms with Crippen LogP contribution in [0.3, 0.4) is 0 Å². The highest BCUT2D eigenvalue weighted by atomic mass is 16.5. The van der Waals surface area contributed by atoms with E-state index in [2.05, 4.69) is 17.0 Å². The van der Waals surface area contributed by atoms with Gasteiger partial charge in [-0.3, -0.25) is 4.90 Å². The minimum atomic E-state index is 0.386. The zero-order valence-corrected chi connectivity index (χ0v) is 13.5. The summed E-state index contributed by atoms with van der Waals surface area (Å²) in [6, 6.07) is 8.31. The summed E-state index contributed by atoms with van der Waals surface area (Å²) in [5, 5.41) is 0. The molecule has 122 valence electrons. The number of hydrogen-bond donors (Lipinski definition) is 0.